The lowest BCUT2D eigenvalue weighted by Gasteiger charge is -2.02. The molecule has 4 rings (SSSR count). The Morgan fingerprint density at radius 3 is 2.52 bits per heavy atom. The zero-order valence-corrected chi connectivity index (χ0v) is 13.8. The van der Waals surface area contributed by atoms with Gasteiger partial charge in [-0.25, -0.2) is 4.98 Å². The van der Waals surface area contributed by atoms with Gasteiger partial charge < -0.3 is 14.0 Å². The van der Waals surface area contributed by atoms with Crippen LogP contribution >= 0.6 is 0 Å². The minimum Gasteiger partial charge on any atom is -0.497 e. The molecule has 0 aliphatic rings. The predicted molar refractivity (Wildman–Crippen MR) is 93.6 cm³/mol. The SMILES string of the molecule is COc1cccc(-c2nc(-c3ccc4cc(OC)ccc4n3)no2)c1. The second kappa shape index (κ2) is 6.24. The Morgan fingerprint density at radius 2 is 1.68 bits per heavy atom. The van der Waals surface area contributed by atoms with Crippen LogP contribution in [0.5, 0.6) is 11.5 Å². The molecule has 0 fully saturated rings. The third-order valence-corrected chi connectivity index (χ3v) is 3.87. The predicted octanol–water partition coefficient (Wildman–Crippen LogP) is 3.97. The molecule has 0 bridgehead atoms. The van der Waals surface area contributed by atoms with Gasteiger partial charge in [0.15, 0.2) is 0 Å². The van der Waals surface area contributed by atoms with Crippen molar-refractivity contribution in [3.05, 3.63) is 54.6 Å². The molecule has 6 nitrogen and oxygen atoms in total. The van der Waals surface area contributed by atoms with E-state index in [1.807, 2.05) is 54.6 Å². The van der Waals surface area contributed by atoms with E-state index < -0.39 is 0 Å². The van der Waals surface area contributed by atoms with E-state index in [-0.39, 0.29) is 0 Å². The van der Waals surface area contributed by atoms with Gasteiger partial charge >= 0.3 is 0 Å². The Hall–Kier alpha value is -3.41. The first-order valence-corrected chi connectivity index (χ1v) is 7.70. The lowest BCUT2D eigenvalue weighted by molar-refractivity contribution is 0.413. The third kappa shape index (κ3) is 2.89. The second-order valence-electron chi connectivity index (χ2n) is 5.41. The lowest BCUT2D eigenvalue weighted by Crippen LogP contribution is -1.89. The van der Waals surface area contributed by atoms with Crippen molar-refractivity contribution in [1.82, 2.24) is 15.1 Å². The van der Waals surface area contributed by atoms with Crippen molar-refractivity contribution in [2.75, 3.05) is 14.2 Å². The highest BCUT2D eigenvalue weighted by Gasteiger charge is 2.13. The van der Waals surface area contributed by atoms with Crippen molar-refractivity contribution in [3.63, 3.8) is 0 Å². The highest BCUT2D eigenvalue weighted by molar-refractivity contribution is 5.82. The minimum absolute atomic E-state index is 0.422. The van der Waals surface area contributed by atoms with E-state index in [9.17, 15) is 0 Å². The Kier molecular flexibility index (Phi) is 3.78. The van der Waals surface area contributed by atoms with Gasteiger partial charge in [0.25, 0.3) is 5.89 Å². The van der Waals surface area contributed by atoms with Gasteiger partial charge in [0, 0.05) is 10.9 Å². The molecule has 0 atom stereocenters. The topological polar surface area (TPSA) is 70.3 Å². The number of hydrogen-bond donors (Lipinski definition) is 0. The molecule has 0 radical (unpaired) electrons. The molecule has 6 heteroatoms. The van der Waals surface area contributed by atoms with Crippen LogP contribution in [-0.4, -0.2) is 29.3 Å². The summed E-state index contributed by atoms with van der Waals surface area (Å²) in [4.78, 5) is 9.04. The van der Waals surface area contributed by atoms with Crippen molar-refractivity contribution < 1.29 is 14.0 Å². The van der Waals surface area contributed by atoms with Gasteiger partial charge in [-0.15, -0.1) is 0 Å². The first kappa shape index (κ1) is 15.1. The average Bonchev–Trinajstić information content (AvgIpc) is 3.17. The summed E-state index contributed by atoms with van der Waals surface area (Å²) in [5.74, 6) is 2.39. The lowest BCUT2D eigenvalue weighted by atomic mass is 10.2. The van der Waals surface area contributed by atoms with E-state index >= 15 is 0 Å². The Bertz CT molecular complexity index is 1040. The maximum absolute atomic E-state index is 5.38. The molecule has 2 heterocycles. The fourth-order valence-electron chi connectivity index (χ4n) is 2.56. The van der Waals surface area contributed by atoms with E-state index in [0.29, 0.717) is 17.4 Å². The van der Waals surface area contributed by atoms with Gasteiger partial charge in [-0.1, -0.05) is 17.3 Å². The molecular formula is C19H15N3O3. The quantitative estimate of drug-likeness (QED) is 0.563. The van der Waals surface area contributed by atoms with Crippen LogP contribution in [0.3, 0.4) is 0 Å². The van der Waals surface area contributed by atoms with Gasteiger partial charge in [0.1, 0.15) is 17.2 Å². The van der Waals surface area contributed by atoms with Crippen LogP contribution in [0, 0.1) is 0 Å². The largest absolute Gasteiger partial charge is 0.497 e. The van der Waals surface area contributed by atoms with Crippen molar-refractivity contribution in [2.45, 2.75) is 0 Å². The van der Waals surface area contributed by atoms with Crippen molar-refractivity contribution in [1.29, 1.82) is 0 Å². The molecule has 25 heavy (non-hydrogen) atoms. The van der Waals surface area contributed by atoms with Crippen LogP contribution in [0.25, 0.3) is 33.9 Å². The number of ether oxygens (including phenoxy) is 2. The van der Waals surface area contributed by atoms with Crippen LogP contribution < -0.4 is 9.47 Å². The molecule has 0 N–H and O–H groups in total. The van der Waals surface area contributed by atoms with Gasteiger partial charge in [-0.05, 0) is 42.5 Å². The molecular weight excluding hydrogens is 318 g/mol. The fraction of sp³-hybridized carbons (Fsp3) is 0.105. The molecule has 124 valence electrons. The average molecular weight is 333 g/mol. The molecule has 0 aliphatic heterocycles. The minimum atomic E-state index is 0.422. The molecule has 0 saturated carbocycles. The molecule has 0 spiro atoms. The zero-order chi connectivity index (χ0) is 17.2. The number of pyridine rings is 1. The van der Waals surface area contributed by atoms with Crippen LogP contribution in [0.15, 0.2) is 59.1 Å². The molecule has 4 aromatic rings. The maximum atomic E-state index is 5.38. The molecule has 0 aliphatic carbocycles. The van der Waals surface area contributed by atoms with E-state index in [2.05, 4.69) is 15.1 Å². The number of fused-ring (bicyclic) bond motifs is 1. The normalized spacial score (nSPS) is 10.8. The highest BCUT2D eigenvalue weighted by atomic mass is 16.5. The van der Waals surface area contributed by atoms with Crippen LogP contribution in [-0.2, 0) is 0 Å². The summed E-state index contributed by atoms with van der Waals surface area (Å²) in [6.07, 6.45) is 0. The smallest absolute Gasteiger partial charge is 0.258 e. The summed E-state index contributed by atoms with van der Waals surface area (Å²) in [5.41, 5.74) is 2.28. The van der Waals surface area contributed by atoms with E-state index in [0.717, 1.165) is 28.0 Å². The van der Waals surface area contributed by atoms with E-state index in [4.69, 9.17) is 14.0 Å². The number of aromatic nitrogens is 3. The first-order chi connectivity index (χ1) is 12.3. The van der Waals surface area contributed by atoms with Gasteiger partial charge in [-0.2, -0.15) is 4.98 Å². The van der Waals surface area contributed by atoms with Crippen molar-refractivity contribution in [2.24, 2.45) is 0 Å². The van der Waals surface area contributed by atoms with Crippen LogP contribution in [0.2, 0.25) is 0 Å². The van der Waals surface area contributed by atoms with Gasteiger partial charge in [0.2, 0.25) is 5.82 Å². The van der Waals surface area contributed by atoms with Crippen LogP contribution in [0.4, 0.5) is 0 Å². The van der Waals surface area contributed by atoms with Gasteiger partial charge in [-0.3, -0.25) is 0 Å². The number of hydrogen-bond acceptors (Lipinski definition) is 6. The Labute approximate surface area is 144 Å². The summed E-state index contributed by atoms with van der Waals surface area (Å²) in [5, 5.41) is 5.03. The molecule has 2 aromatic heterocycles. The fourth-order valence-corrected chi connectivity index (χ4v) is 2.56. The molecule has 0 saturated heterocycles. The number of nitrogens with zero attached hydrogens (tertiary/aromatic N) is 3. The standard InChI is InChI=1S/C19H15N3O3/c1-23-14-5-3-4-13(11-14)19-21-18(22-25-19)17-8-6-12-10-15(24-2)7-9-16(12)20-17/h3-11H,1-2H3. The first-order valence-electron chi connectivity index (χ1n) is 7.70. The summed E-state index contributed by atoms with van der Waals surface area (Å²) < 4.78 is 15.8. The number of rotatable bonds is 4. The second-order valence-corrected chi connectivity index (χ2v) is 5.41. The van der Waals surface area contributed by atoms with Crippen molar-refractivity contribution >= 4 is 10.9 Å². The van der Waals surface area contributed by atoms with E-state index in [1.165, 1.54) is 0 Å². The van der Waals surface area contributed by atoms with Crippen LogP contribution in [0.1, 0.15) is 0 Å². The van der Waals surface area contributed by atoms with E-state index in [1.54, 1.807) is 14.2 Å². The Morgan fingerprint density at radius 1 is 0.840 bits per heavy atom. The Balaban J connectivity index is 1.70. The molecule has 0 amide bonds. The monoisotopic (exact) mass is 333 g/mol. The molecule has 2 aromatic carbocycles. The summed E-state index contributed by atoms with van der Waals surface area (Å²) in [7, 11) is 3.26. The summed E-state index contributed by atoms with van der Waals surface area (Å²) in [6, 6.07) is 17.0. The van der Waals surface area contributed by atoms with Crippen molar-refractivity contribution in [3.8, 4) is 34.5 Å². The summed E-state index contributed by atoms with van der Waals surface area (Å²) >= 11 is 0. The molecule has 0 unspecified atom stereocenters. The zero-order valence-electron chi connectivity index (χ0n) is 13.8. The van der Waals surface area contributed by atoms with Gasteiger partial charge in [0.05, 0.1) is 19.7 Å². The highest BCUT2D eigenvalue weighted by Crippen LogP contribution is 2.26. The number of methoxy groups -OCH3 is 2. The summed E-state index contributed by atoms with van der Waals surface area (Å²) in [6.45, 7) is 0. The maximum Gasteiger partial charge on any atom is 0.258 e. The third-order valence-electron chi connectivity index (χ3n) is 3.87. The number of benzene rings is 2.